The van der Waals surface area contributed by atoms with Crippen molar-refractivity contribution in [3.8, 4) is 0 Å². The number of thioether (sulfide) groups is 1. The van der Waals surface area contributed by atoms with Crippen molar-refractivity contribution in [3.05, 3.63) is 0 Å². The van der Waals surface area contributed by atoms with Crippen molar-refractivity contribution < 1.29 is 0 Å². The molecule has 0 heterocycles. The van der Waals surface area contributed by atoms with E-state index >= 15 is 0 Å². The molecule has 1 aliphatic carbocycles. The van der Waals surface area contributed by atoms with Gasteiger partial charge in [0, 0.05) is 0 Å². The molecule has 0 radical (unpaired) electrons. The van der Waals surface area contributed by atoms with Gasteiger partial charge in [0.2, 0.25) is 0 Å². The Morgan fingerprint density at radius 1 is 1.50 bits per heavy atom. The molecule has 0 amide bonds. The van der Waals surface area contributed by atoms with Crippen LogP contribution in [0, 0.1) is 5.92 Å². The Balaban J connectivity index is 1.68. The second-order valence-corrected chi connectivity index (χ2v) is 3.98. The van der Waals surface area contributed by atoms with Crippen LogP contribution in [0.4, 0.5) is 0 Å². The predicted octanol–water partition coefficient (Wildman–Crippen LogP) is 1.74. The molecule has 1 rings (SSSR count). The van der Waals surface area contributed by atoms with Crippen molar-refractivity contribution in [3.63, 3.8) is 0 Å². The highest BCUT2D eigenvalue weighted by Crippen LogP contribution is 2.27. The van der Waals surface area contributed by atoms with Gasteiger partial charge < -0.3 is 5.32 Å². The SMILES string of the molecule is CSCCCNCC1CC1. The Bertz CT molecular complexity index is 81.3. The molecule has 0 aliphatic heterocycles. The van der Waals surface area contributed by atoms with E-state index < -0.39 is 0 Å². The highest BCUT2D eigenvalue weighted by molar-refractivity contribution is 7.98. The van der Waals surface area contributed by atoms with Crippen molar-refractivity contribution in [2.75, 3.05) is 25.1 Å². The maximum Gasteiger partial charge on any atom is -0.00205 e. The summed E-state index contributed by atoms with van der Waals surface area (Å²) < 4.78 is 0. The lowest BCUT2D eigenvalue weighted by Crippen LogP contribution is -2.18. The largest absolute Gasteiger partial charge is 0.316 e. The molecule has 1 saturated carbocycles. The zero-order valence-electron chi connectivity index (χ0n) is 6.73. The third-order valence-electron chi connectivity index (χ3n) is 1.83. The van der Waals surface area contributed by atoms with Gasteiger partial charge in [0.1, 0.15) is 0 Å². The van der Waals surface area contributed by atoms with Crippen LogP contribution in [0.25, 0.3) is 0 Å². The smallest absolute Gasteiger partial charge is 0.00205 e. The molecule has 2 heteroatoms. The van der Waals surface area contributed by atoms with Crippen LogP contribution in [0.1, 0.15) is 19.3 Å². The third kappa shape index (κ3) is 4.18. The van der Waals surface area contributed by atoms with E-state index in [1.807, 2.05) is 11.8 Å². The van der Waals surface area contributed by atoms with Crippen LogP contribution in [-0.4, -0.2) is 25.1 Å². The van der Waals surface area contributed by atoms with Gasteiger partial charge in [0.05, 0.1) is 0 Å². The average Bonchev–Trinajstić information content (AvgIpc) is 2.71. The molecule has 0 bridgehead atoms. The first-order chi connectivity index (χ1) is 4.93. The molecule has 1 N–H and O–H groups in total. The average molecular weight is 159 g/mol. The standard InChI is InChI=1S/C8H17NS/c1-10-6-2-5-9-7-8-3-4-8/h8-9H,2-7H2,1H3. The van der Waals surface area contributed by atoms with Crippen LogP contribution in [0.15, 0.2) is 0 Å². The van der Waals surface area contributed by atoms with Crippen molar-refractivity contribution >= 4 is 11.8 Å². The topological polar surface area (TPSA) is 12.0 Å². The van der Waals surface area contributed by atoms with Crippen molar-refractivity contribution in [1.82, 2.24) is 5.32 Å². The Labute approximate surface area is 68.0 Å². The Kier molecular flexibility index (Phi) is 4.23. The predicted molar refractivity (Wildman–Crippen MR) is 48.6 cm³/mol. The third-order valence-corrected chi connectivity index (χ3v) is 2.53. The summed E-state index contributed by atoms with van der Waals surface area (Å²) in [5, 5.41) is 3.47. The van der Waals surface area contributed by atoms with Gasteiger partial charge in [-0.15, -0.1) is 0 Å². The lowest BCUT2D eigenvalue weighted by Gasteiger charge is -2.00. The number of nitrogens with one attached hydrogen (secondary N) is 1. The van der Waals surface area contributed by atoms with Gasteiger partial charge in [0.25, 0.3) is 0 Å². The van der Waals surface area contributed by atoms with E-state index in [2.05, 4.69) is 11.6 Å². The summed E-state index contributed by atoms with van der Waals surface area (Å²) >= 11 is 1.94. The number of rotatable bonds is 6. The minimum Gasteiger partial charge on any atom is -0.316 e. The second kappa shape index (κ2) is 5.03. The highest BCUT2D eigenvalue weighted by Gasteiger charge is 2.19. The fraction of sp³-hybridized carbons (Fsp3) is 1.00. The first-order valence-corrected chi connectivity index (χ1v) is 5.52. The molecule has 0 spiro atoms. The van der Waals surface area contributed by atoms with Gasteiger partial charge in [-0.1, -0.05) is 0 Å². The molecule has 10 heavy (non-hydrogen) atoms. The number of hydrogen-bond donors (Lipinski definition) is 1. The Hall–Kier alpha value is 0.310. The maximum atomic E-state index is 3.47. The summed E-state index contributed by atoms with van der Waals surface area (Å²) in [6.07, 6.45) is 6.43. The van der Waals surface area contributed by atoms with Crippen molar-refractivity contribution in [2.45, 2.75) is 19.3 Å². The molecule has 60 valence electrons. The molecule has 0 aromatic carbocycles. The Morgan fingerprint density at radius 3 is 2.90 bits per heavy atom. The molecule has 1 nitrogen and oxygen atoms in total. The summed E-state index contributed by atoms with van der Waals surface area (Å²) in [6, 6.07) is 0. The molecule has 0 saturated heterocycles. The monoisotopic (exact) mass is 159 g/mol. The van der Waals surface area contributed by atoms with Gasteiger partial charge in [-0.05, 0) is 50.3 Å². The molecule has 0 atom stereocenters. The van der Waals surface area contributed by atoms with Crippen molar-refractivity contribution in [1.29, 1.82) is 0 Å². The van der Waals surface area contributed by atoms with E-state index in [0.29, 0.717) is 0 Å². The molecule has 1 fully saturated rings. The van der Waals surface area contributed by atoms with E-state index in [1.54, 1.807) is 0 Å². The zero-order valence-corrected chi connectivity index (χ0v) is 7.54. The molecular formula is C8H17NS. The van der Waals surface area contributed by atoms with Gasteiger partial charge in [0.15, 0.2) is 0 Å². The van der Waals surface area contributed by atoms with E-state index in [9.17, 15) is 0 Å². The summed E-state index contributed by atoms with van der Waals surface area (Å²) in [5.74, 6) is 2.34. The van der Waals surface area contributed by atoms with Gasteiger partial charge in [-0.2, -0.15) is 11.8 Å². The van der Waals surface area contributed by atoms with Crippen LogP contribution in [0.5, 0.6) is 0 Å². The minimum atomic E-state index is 1.04. The lowest BCUT2D eigenvalue weighted by atomic mass is 10.4. The first-order valence-electron chi connectivity index (χ1n) is 4.13. The van der Waals surface area contributed by atoms with Gasteiger partial charge in [-0.3, -0.25) is 0 Å². The van der Waals surface area contributed by atoms with Crippen LogP contribution < -0.4 is 5.32 Å². The molecule has 0 aromatic heterocycles. The molecule has 1 aliphatic rings. The molecule has 0 unspecified atom stereocenters. The maximum absolute atomic E-state index is 3.47. The minimum absolute atomic E-state index is 1.04. The highest BCUT2D eigenvalue weighted by atomic mass is 32.2. The van der Waals surface area contributed by atoms with Gasteiger partial charge in [-0.25, -0.2) is 0 Å². The van der Waals surface area contributed by atoms with E-state index in [1.165, 1.54) is 38.1 Å². The molecule has 0 aromatic rings. The van der Waals surface area contributed by atoms with Crippen molar-refractivity contribution in [2.24, 2.45) is 5.92 Å². The van der Waals surface area contributed by atoms with E-state index in [4.69, 9.17) is 0 Å². The van der Waals surface area contributed by atoms with Crippen LogP contribution in [0.2, 0.25) is 0 Å². The van der Waals surface area contributed by atoms with E-state index in [-0.39, 0.29) is 0 Å². The van der Waals surface area contributed by atoms with Gasteiger partial charge >= 0.3 is 0 Å². The Morgan fingerprint density at radius 2 is 2.30 bits per heavy atom. The fourth-order valence-corrected chi connectivity index (χ4v) is 1.40. The molecular weight excluding hydrogens is 142 g/mol. The fourth-order valence-electron chi connectivity index (χ4n) is 0.970. The summed E-state index contributed by atoms with van der Waals surface area (Å²) in [5.41, 5.74) is 0. The summed E-state index contributed by atoms with van der Waals surface area (Å²) in [7, 11) is 0. The normalized spacial score (nSPS) is 17.7. The van der Waals surface area contributed by atoms with Crippen LogP contribution >= 0.6 is 11.8 Å². The quantitative estimate of drug-likeness (QED) is 0.592. The number of hydrogen-bond acceptors (Lipinski definition) is 2. The zero-order chi connectivity index (χ0) is 7.23. The van der Waals surface area contributed by atoms with E-state index in [0.717, 1.165) is 5.92 Å². The first kappa shape index (κ1) is 8.41. The lowest BCUT2D eigenvalue weighted by molar-refractivity contribution is 0.632. The summed E-state index contributed by atoms with van der Waals surface area (Å²) in [4.78, 5) is 0. The van der Waals surface area contributed by atoms with Crippen LogP contribution in [0.3, 0.4) is 0 Å². The summed E-state index contributed by atoms with van der Waals surface area (Å²) in [6.45, 7) is 2.49. The second-order valence-electron chi connectivity index (χ2n) is 2.99. The van der Waals surface area contributed by atoms with Crippen LogP contribution in [-0.2, 0) is 0 Å².